The monoisotopic (exact) mass is 458 g/mol. The van der Waals surface area contributed by atoms with Gasteiger partial charge in [-0.3, -0.25) is 4.90 Å². The number of hydrogen-bond acceptors (Lipinski definition) is 7. The number of rotatable bonds is 8. The summed E-state index contributed by atoms with van der Waals surface area (Å²) in [4.78, 5) is 19.3. The van der Waals surface area contributed by atoms with E-state index in [2.05, 4.69) is 29.7 Å². The second-order valence-electron chi connectivity index (χ2n) is 7.41. The molecular formula is C22H27ClN6OS. The summed E-state index contributed by atoms with van der Waals surface area (Å²) in [5.74, 6) is 0.815. The summed E-state index contributed by atoms with van der Waals surface area (Å²) in [6.07, 6.45) is 4.55. The largest absolute Gasteiger partial charge is 0.385 e. The summed E-state index contributed by atoms with van der Waals surface area (Å²) in [5, 5.41) is 2.92. The van der Waals surface area contributed by atoms with Crippen LogP contribution in [0.2, 0.25) is 5.02 Å². The van der Waals surface area contributed by atoms with Crippen molar-refractivity contribution in [2.75, 3.05) is 44.8 Å². The van der Waals surface area contributed by atoms with Crippen molar-refractivity contribution in [1.29, 1.82) is 0 Å². The molecule has 0 radical (unpaired) electrons. The summed E-state index contributed by atoms with van der Waals surface area (Å²) in [6.45, 7) is 6.32. The van der Waals surface area contributed by atoms with Crippen molar-refractivity contribution in [1.82, 2.24) is 19.4 Å². The zero-order chi connectivity index (χ0) is 21.5. The molecule has 9 heteroatoms. The number of halogens is 1. The molecule has 0 bridgehead atoms. The van der Waals surface area contributed by atoms with E-state index >= 15 is 0 Å². The van der Waals surface area contributed by atoms with Crippen LogP contribution in [0, 0.1) is 0 Å². The van der Waals surface area contributed by atoms with E-state index in [4.69, 9.17) is 21.3 Å². The van der Waals surface area contributed by atoms with Crippen LogP contribution in [0.4, 0.5) is 11.6 Å². The Morgan fingerprint density at radius 1 is 1.13 bits per heavy atom. The lowest BCUT2D eigenvalue weighted by atomic mass is 10.3. The molecule has 1 aromatic carbocycles. The highest BCUT2D eigenvalue weighted by Gasteiger charge is 2.20. The Bertz CT molecular complexity index is 1030. The minimum Gasteiger partial charge on any atom is -0.385 e. The molecule has 0 amide bonds. The van der Waals surface area contributed by atoms with Gasteiger partial charge < -0.3 is 14.2 Å². The van der Waals surface area contributed by atoms with Crippen molar-refractivity contribution in [3.05, 3.63) is 63.6 Å². The van der Waals surface area contributed by atoms with Crippen LogP contribution >= 0.6 is 22.9 Å². The number of methoxy groups -OCH3 is 1. The first kappa shape index (κ1) is 22.0. The normalized spacial score (nSPS) is 15.5. The van der Waals surface area contributed by atoms with Crippen LogP contribution in [0.1, 0.15) is 12.1 Å². The highest BCUT2D eigenvalue weighted by Crippen LogP contribution is 2.18. The van der Waals surface area contributed by atoms with Gasteiger partial charge in [-0.25, -0.2) is 15.0 Å². The van der Waals surface area contributed by atoms with Crippen molar-refractivity contribution in [2.24, 2.45) is 4.99 Å². The van der Waals surface area contributed by atoms with E-state index in [0.717, 1.165) is 68.7 Å². The number of thiazole rings is 1. The Balaban J connectivity index is 1.48. The molecule has 31 heavy (non-hydrogen) atoms. The number of benzene rings is 1. The fourth-order valence-corrected chi connectivity index (χ4v) is 4.75. The highest BCUT2D eigenvalue weighted by atomic mass is 35.5. The van der Waals surface area contributed by atoms with Gasteiger partial charge in [0, 0.05) is 81.5 Å². The third-order valence-corrected chi connectivity index (χ3v) is 6.38. The topological polar surface area (TPSA) is 58.8 Å². The number of ether oxygens (including phenoxy) is 1. The Kier molecular flexibility index (Phi) is 7.69. The molecule has 1 aliphatic heterocycles. The van der Waals surface area contributed by atoms with Gasteiger partial charge in [0.05, 0.1) is 5.69 Å². The maximum Gasteiger partial charge on any atom is 0.225 e. The summed E-state index contributed by atoms with van der Waals surface area (Å²) in [7, 11) is 1.74. The van der Waals surface area contributed by atoms with Gasteiger partial charge in [-0.05, 0) is 30.7 Å². The summed E-state index contributed by atoms with van der Waals surface area (Å²) >= 11 is 7.82. The molecule has 164 valence electrons. The van der Waals surface area contributed by atoms with Gasteiger partial charge in [-0.2, -0.15) is 0 Å². The van der Waals surface area contributed by atoms with E-state index in [-0.39, 0.29) is 0 Å². The fourth-order valence-electron chi connectivity index (χ4n) is 3.63. The molecular weight excluding hydrogens is 432 g/mol. The lowest BCUT2D eigenvalue weighted by molar-refractivity contribution is 0.188. The molecule has 4 rings (SSSR count). The van der Waals surface area contributed by atoms with E-state index in [1.807, 2.05) is 30.3 Å². The Labute approximate surface area is 191 Å². The van der Waals surface area contributed by atoms with Gasteiger partial charge in [-0.1, -0.05) is 17.7 Å². The Morgan fingerprint density at radius 2 is 1.94 bits per heavy atom. The number of piperazine rings is 1. The molecule has 7 nitrogen and oxygen atoms in total. The molecule has 0 atom stereocenters. The Hall–Kier alpha value is -2.26. The van der Waals surface area contributed by atoms with Gasteiger partial charge >= 0.3 is 0 Å². The van der Waals surface area contributed by atoms with Gasteiger partial charge in [0.2, 0.25) is 5.95 Å². The zero-order valence-electron chi connectivity index (χ0n) is 17.7. The predicted octanol–water partition coefficient (Wildman–Crippen LogP) is 3.58. The molecule has 0 unspecified atom stereocenters. The maximum atomic E-state index is 6.14. The van der Waals surface area contributed by atoms with Crippen LogP contribution in [0.25, 0.3) is 0 Å². The second-order valence-corrected chi connectivity index (χ2v) is 8.68. The molecule has 0 saturated carbocycles. The number of aromatic nitrogens is 3. The molecule has 2 aromatic heterocycles. The van der Waals surface area contributed by atoms with Crippen LogP contribution in [0.5, 0.6) is 0 Å². The third-order valence-electron chi connectivity index (χ3n) is 5.23. The smallest absolute Gasteiger partial charge is 0.225 e. The molecule has 3 aromatic rings. The minimum atomic E-state index is 0.698. The van der Waals surface area contributed by atoms with Crippen LogP contribution in [-0.2, 0) is 17.8 Å². The van der Waals surface area contributed by atoms with E-state index in [9.17, 15) is 0 Å². The first-order valence-electron chi connectivity index (χ1n) is 10.4. The van der Waals surface area contributed by atoms with Crippen molar-refractivity contribution in [3.8, 4) is 0 Å². The summed E-state index contributed by atoms with van der Waals surface area (Å²) in [6, 6.07) is 9.53. The third kappa shape index (κ3) is 5.92. The maximum absolute atomic E-state index is 6.14. The van der Waals surface area contributed by atoms with E-state index in [1.165, 1.54) is 5.69 Å². The molecule has 0 spiro atoms. The SMILES string of the molecule is COCCCn1c(CN2CCN(c3ncccn3)CC2)csc1=Nc1cccc(Cl)c1. The molecule has 0 aliphatic carbocycles. The van der Waals surface area contributed by atoms with Gasteiger partial charge in [-0.15, -0.1) is 11.3 Å². The lowest BCUT2D eigenvalue weighted by Gasteiger charge is -2.34. The van der Waals surface area contributed by atoms with Crippen molar-refractivity contribution in [3.63, 3.8) is 0 Å². The molecule has 3 heterocycles. The average molecular weight is 459 g/mol. The second kappa shape index (κ2) is 10.9. The van der Waals surface area contributed by atoms with Gasteiger partial charge in [0.25, 0.3) is 0 Å². The first-order valence-corrected chi connectivity index (χ1v) is 11.7. The molecule has 1 aliphatic rings. The van der Waals surface area contributed by atoms with Crippen LogP contribution in [0.3, 0.4) is 0 Å². The lowest BCUT2D eigenvalue weighted by Crippen LogP contribution is -2.46. The highest BCUT2D eigenvalue weighted by molar-refractivity contribution is 7.07. The van der Waals surface area contributed by atoms with Crippen LogP contribution in [0.15, 0.2) is 53.1 Å². The predicted molar refractivity (Wildman–Crippen MR) is 125 cm³/mol. The van der Waals surface area contributed by atoms with Crippen LogP contribution in [-0.4, -0.2) is 59.3 Å². The summed E-state index contributed by atoms with van der Waals surface area (Å²) in [5.41, 5.74) is 2.16. The zero-order valence-corrected chi connectivity index (χ0v) is 19.2. The quantitative estimate of drug-likeness (QED) is 0.483. The summed E-state index contributed by atoms with van der Waals surface area (Å²) < 4.78 is 7.59. The van der Waals surface area contributed by atoms with Crippen molar-refractivity contribution >= 4 is 34.6 Å². The fraction of sp³-hybridized carbons (Fsp3) is 0.409. The molecule has 1 fully saturated rings. The van der Waals surface area contributed by atoms with Gasteiger partial charge in [0.15, 0.2) is 4.80 Å². The van der Waals surface area contributed by atoms with Crippen LogP contribution < -0.4 is 9.70 Å². The standard InChI is InChI=1S/C22H27ClN6OS/c1-30-14-4-9-29-20(17-31-22(29)26-19-6-2-5-18(23)15-19)16-27-10-12-28(13-11-27)21-24-7-3-8-25-21/h2-3,5-8,15,17H,4,9-14,16H2,1H3. The molecule has 0 N–H and O–H groups in total. The number of anilines is 1. The average Bonchev–Trinajstić information content (AvgIpc) is 3.16. The van der Waals surface area contributed by atoms with Gasteiger partial charge in [0.1, 0.15) is 0 Å². The van der Waals surface area contributed by atoms with Crippen molar-refractivity contribution < 1.29 is 4.74 Å². The van der Waals surface area contributed by atoms with E-state index < -0.39 is 0 Å². The minimum absolute atomic E-state index is 0.698. The number of nitrogens with zero attached hydrogens (tertiary/aromatic N) is 6. The van der Waals surface area contributed by atoms with Crippen molar-refractivity contribution in [2.45, 2.75) is 19.5 Å². The number of hydrogen-bond donors (Lipinski definition) is 0. The van der Waals surface area contributed by atoms with E-state index in [0.29, 0.717) is 5.02 Å². The first-order chi connectivity index (χ1) is 15.2. The molecule has 1 saturated heterocycles. The van der Waals surface area contributed by atoms with E-state index in [1.54, 1.807) is 30.8 Å². The Morgan fingerprint density at radius 3 is 2.68 bits per heavy atom.